The summed E-state index contributed by atoms with van der Waals surface area (Å²) in [6.45, 7) is 4.59. The summed E-state index contributed by atoms with van der Waals surface area (Å²) in [5, 5.41) is 3.22. The van der Waals surface area contributed by atoms with Gasteiger partial charge in [0.25, 0.3) is 0 Å². The number of hydrogen-bond donors (Lipinski definition) is 1. The summed E-state index contributed by atoms with van der Waals surface area (Å²) in [5.41, 5.74) is 2.02. The molecule has 122 valence electrons. The second-order valence-electron chi connectivity index (χ2n) is 6.74. The fraction of sp³-hybridized carbons (Fsp3) is 0.556. The zero-order chi connectivity index (χ0) is 15.8. The predicted molar refractivity (Wildman–Crippen MR) is 90.3 cm³/mol. The Kier molecular flexibility index (Phi) is 3.81. The van der Waals surface area contributed by atoms with E-state index in [1.165, 1.54) is 12.8 Å². The Balaban J connectivity index is 1.44. The quantitative estimate of drug-likeness (QED) is 0.918. The number of carbonyl (C=O) groups excluding carboxylic acids is 1. The molecule has 2 aromatic rings. The Morgan fingerprint density at radius 1 is 1.30 bits per heavy atom. The fourth-order valence-corrected chi connectivity index (χ4v) is 3.67. The van der Waals surface area contributed by atoms with E-state index in [2.05, 4.69) is 26.7 Å². The molecule has 0 unspecified atom stereocenters. The maximum atomic E-state index is 12.5. The first-order valence-electron chi connectivity index (χ1n) is 8.72. The van der Waals surface area contributed by atoms with Crippen molar-refractivity contribution >= 4 is 16.9 Å². The lowest BCUT2D eigenvalue weighted by atomic mass is 10.2. The third-order valence-electron chi connectivity index (χ3n) is 5.00. The standard InChI is InChI=1S/C18H24N4O/c1-2-17-20-15-5-3-4-6-16(15)22(17)12-18(23)19-13-9-10-21(11-13)14-7-8-14/h3-6,13-14H,2,7-12H2,1H3,(H,19,23)/t13-/m0/s1. The minimum Gasteiger partial charge on any atom is -0.350 e. The van der Waals surface area contributed by atoms with E-state index < -0.39 is 0 Å². The lowest BCUT2D eigenvalue weighted by Gasteiger charge is -2.16. The number of fused-ring (bicyclic) bond motifs is 1. The molecule has 1 aliphatic heterocycles. The summed E-state index contributed by atoms with van der Waals surface area (Å²) >= 11 is 0. The van der Waals surface area contributed by atoms with Gasteiger partial charge in [0.2, 0.25) is 5.91 Å². The van der Waals surface area contributed by atoms with Gasteiger partial charge in [-0.1, -0.05) is 19.1 Å². The van der Waals surface area contributed by atoms with E-state index in [1.54, 1.807) is 0 Å². The zero-order valence-corrected chi connectivity index (χ0v) is 13.7. The molecule has 2 aliphatic rings. The first kappa shape index (κ1) is 14.7. The van der Waals surface area contributed by atoms with Gasteiger partial charge >= 0.3 is 0 Å². The van der Waals surface area contributed by atoms with Gasteiger partial charge in [0.1, 0.15) is 12.4 Å². The maximum Gasteiger partial charge on any atom is 0.240 e. The van der Waals surface area contributed by atoms with E-state index in [9.17, 15) is 4.79 Å². The van der Waals surface area contributed by atoms with E-state index in [0.717, 1.165) is 48.8 Å². The van der Waals surface area contributed by atoms with Crippen LogP contribution in [-0.2, 0) is 17.8 Å². The van der Waals surface area contributed by atoms with Gasteiger partial charge in [0, 0.05) is 31.6 Å². The van der Waals surface area contributed by atoms with Crippen molar-refractivity contribution in [2.24, 2.45) is 0 Å². The molecule has 1 saturated heterocycles. The second-order valence-corrected chi connectivity index (χ2v) is 6.74. The molecule has 1 aromatic heterocycles. The molecule has 1 atom stereocenters. The van der Waals surface area contributed by atoms with Crippen LogP contribution in [0.15, 0.2) is 24.3 Å². The SMILES string of the molecule is CCc1nc2ccccc2n1CC(=O)N[C@H]1CCN(C2CC2)C1. The van der Waals surface area contributed by atoms with Crippen molar-refractivity contribution in [1.82, 2.24) is 19.8 Å². The highest BCUT2D eigenvalue weighted by atomic mass is 16.2. The Morgan fingerprint density at radius 2 is 2.13 bits per heavy atom. The number of nitrogens with one attached hydrogen (secondary N) is 1. The Labute approximate surface area is 136 Å². The number of aryl methyl sites for hydroxylation is 1. The fourth-order valence-electron chi connectivity index (χ4n) is 3.67. The molecule has 2 fully saturated rings. The molecule has 1 saturated carbocycles. The molecule has 2 heterocycles. The van der Waals surface area contributed by atoms with Crippen molar-refractivity contribution in [3.05, 3.63) is 30.1 Å². The molecule has 5 nitrogen and oxygen atoms in total. The van der Waals surface area contributed by atoms with Crippen molar-refractivity contribution in [2.75, 3.05) is 13.1 Å². The van der Waals surface area contributed by atoms with Gasteiger partial charge in [-0.2, -0.15) is 0 Å². The second kappa shape index (κ2) is 5.96. The number of amides is 1. The van der Waals surface area contributed by atoms with Crippen molar-refractivity contribution < 1.29 is 4.79 Å². The van der Waals surface area contributed by atoms with Gasteiger partial charge in [-0.3, -0.25) is 9.69 Å². The number of benzene rings is 1. The summed E-state index contributed by atoms with van der Waals surface area (Å²) in [6.07, 6.45) is 4.58. The van der Waals surface area contributed by atoms with Crippen LogP contribution >= 0.6 is 0 Å². The first-order chi connectivity index (χ1) is 11.2. The lowest BCUT2D eigenvalue weighted by molar-refractivity contribution is -0.122. The van der Waals surface area contributed by atoms with Crippen LogP contribution in [0.25, 0.3) is 11.0 Å². The van der Waals surface area contributed by atoms with E-state index in [4.69, 9.17) is 0 Å². The van der Waals surface area contributed by atoms with Crippen LogP contribution in [0, 0.1) is 0 Å². The average molecular weight is 312 g/mol. The minimum atomic E-state index is 0.102. The number of para-hydroxylation sites is 2. The van der Waals surface area contributed by atoms with Gasteiger partial charge in [-0.25, -0.2) is 4.98 Å². The average Bonchev–Trinajstić information content (AvgIpc) is 3.21. The normalized spacial score (nSPS) is 21.9. The minimum absolute atomic E-state index is 0.102. The van der Waals surface area contributed by atoms with Gasteiger partial charge in [0.15, 0.2) is 0 Å². The molecule has 1 amide bonds. The Hall–Kier alpha value is -1.88. The number of aromatic nitrogens is 2. The van der Waals surface area contributed by atoms with E-state index in [1.807, 2.05) is 24.3 Å². The number of nitrogens with zero attached hydrogens (tertiary/aromatic N) is 3. The van der Waals surface area contributed by atoms with Gasteiger partial charge in [-0.05, 0) is 31.4 Å². The first-order valence-corrected chi connectivity index (χ1v) is 8.72. The highest BCUT2D eigenvalue weighted by Gasteiger charge is 2.34. The molecule has 4 rings (SSSR count). The predicted octanol–water partition coefficient (Wildman–Crippen LogP) is 1.95. The summed E-state index contributed by atoms with van der Waals surface area (Å²) in [5.74, 6) is 1.08. The molecule has 1 aromatic carbocycles. The molecule has 5 heteroatoms. The highest BCUT2D eigenvalue weighted by molar-refractivity contribution is 5.81. The summed E-state index contributed by atoms with van der Waals surface area (Å²) in [7, 11) is 0. The summed E-state index contributed by atoms with van der Waals surface area (Å²) in [6, 6.07) is 9.14. The van der Waals surface area contributed by atoms with Crippen molar-refractivity contribution in [3.63, 3.8) is 0 Å². The molecule has 0 radical (unpaired) electrons. The van der Waals surface area contributed by atoms with Crippen LogP contribution in [0.2, 0.25) is 0 Å². The Bertz CT molecular complexity index is 719. The monoisotopic (exact) mass is 312 g/mol. The van der Waals surface area contributed by atoms with Gasteiger partial charge < -0.3 is 9.88 Å². The maximum absolute atomic E-state index is 12.5. The Morgan fingerprint density at radius 3 is 2.91 bits per heavy atom. The van der Waals surface area contributed by atoms with Crippen LogP contribution in [0.3, 0.4) is 0 Å². The van der Waals surface area contributed by atoms with Crippen LogP contribution in [-0.4, -0.2) is 45.5 Å². The van der Waals surface area contributed by atoms with Crippen LogP contribution < -0.4 is 5.32 Å². The van der Waals surface area contributed by atoms with Crippen LogP contribution in [0.5, 0.6) is 0 Å². The summed E-state index contributed by atoms with van der Waals surface area (Å²) < 4.78 is 2.05. The van der Waals surface area contributed by atoms with E-state index >= 15 is 0 Å². The molecule has 23 heavy (non-hydrogen) atoms. The number of rotatable bonds is 5. The smallest absolute Gasteiger partial charge is 0.240 e. The van der Waals surface area contributed by atoms with E-state index in [0.29, 0.717) is 12.6 Å². The number of likely N-dealkylation sites (tertiary alicyclic amines) is 1. The number of carbonyl (C=O) groups is 1. The third-order valence-corrected chi connectivity index (χ3v) is 5.00. The highest BCUT2D eigenvalue weighted by Crippen LogP contribution is 2.29. The molecular formula is C18H24N4O. The molecule has 1 N–H and O–H groups in total. The zero-order valence-electron chi connectivity index (χ0n) is 13.7. The van der Waals surface area contributed by atoms with Gasteiger partial charge in [-0.15, -0.1) is 0 Å². The van der Waals surface area contributed by atoms with Crippen molar-refractivity contribution in [2.45, 2.75) is 51.2 Å². The topological polar surface area (TPSA) is 50.2 Å². The van der Waals surface area contributed by atoms with Crippen LogP contribution in [0.1, 0.15) is 32.0 Å². The summed E-state index contributed by atoms with van der Waals surface area (Å²) in [4.78, 5) is 19.6. The number of hydrogen-bond acceptors (Lipinski definition) is 3. The van der Waals surface area contributed by atoms with Gasteiger partial charge in [0.05, 0.1) is 11.0 Å². The molecule has 0 spiro atoms. The van der Waals surface area contributed by atoms with E-state index in [-0.39, 0.29) is 5.91 Å². The molecule has 0 bridgehead atoms. The molecular weight excluding hydrogens is 288 g/mol. The van der Waals surface area contributed by atoms with Crippen molar-refractivity contribution in [3.8, 4) is 0 Å². The van der Waals surface area contributed by atoms with Crippen molar-refractivity contribution in [1.29, 1.82) is 0 Å². The number of imidazole rings is 1. The molecule has 1 aliphatic carbocycles. The largest absolute Gasteiger partial charge is 0.350 e. The third kappa shape index (κ3) is 2.98. The van der Waals surface area contributed by atoms with Crippen LogP contribution in [0.4, 0.5) is 0 Å². The lowest BCUT2D eigenvalue weighted by Crippen LogP contribution is -2.39.